The highest BCUT2D eigenvalue weighted by Gasteiger charge is 2.20. The molecule has 0 spiro atoms. The minimum Gasteiger partial charge on any atom is -0.351 e. The van der Waals surface area contributed by atoms with E-state index in [4.69, 9.17) is 23.2 Å². The van der Waals surface area contributed by atoms with Crippen LogP contribution < -0.4 is 10.6 Å². The number of carbonyl (C=O) groups excluding carboxylic acids is 1. The van der Waals surface area contributed by atoms with Gasteiger partial charge < -0.3 is 15.5 Å². The molecule has 4 rings (SSSR count). The monoisotopic (exact) mass is 480 g/mol. The Balaban J connectivity index is 1.55. The van der Waals surface area contributed by atoms with Gasteiger partial charge in [0.05, 0.1) is 27.2 Å². The molecule has 0 unspecified atom stereocenters. The van der Waals surface area contributed by atoms with Crippen molar-refractivity contribution >= 4 is 39.9 Å². The van der Waals surface area contributed by atoms with Crippen molar-refractivity contribution in [1.82, 2.24) is 15.5 Å². The number of benzene rings is 3. The molecule has 33 heavy (non-hydrogen) atoms. The summed E-state index contributed by atoms with van der Waals surface area (Å²) in [7, 11) is 0. The smallest absolute Gasteiger partial charge is 0.253 e. The van der Waals surface area contributed by atoms with Gasteiger partial charge >= 0.3 is 0 Å². The maximum atomic E-state index is 13.3. The Bertz CT molecular complexity index is 1180. The second-order valence-electron chi connectivity index (χ2n) is 8.28. The van der Waals surface area contributed by atoms with Crippen LogP contribution in [0.3, 0.4) is 0 Å². The van der Waals surface area contributed by atoms with E-state index in [1.54, 1.807) is 12.1 Å². The number of rotatable bonds is 7. The predicted octanol–water partition coefficient (Wildman–Crippen LogP) is 4.83. The van der Waals surface area contributed by atoms with Gasteiger partial charge in [0.2, 0.25) is 0 Å². The average Bonchev–Trinajstić information content (AvgIpc) is 2.85. The fourth-order valence-corrected chi connectivity index (χ4v) is 4.65. The summed E-state index contributed by atoms with van der Waals surface area (Å²) in [6.45, 7) is 5.39. The molecule has 0 radical (unpaired) electrons. The molecule has 1 fully saturated rings. The highest BCUT2D eigenvalue weighted by Crippen LogP contribution is 2.29. The summed E-state index contributed by atoms with van der Waals surface area (Å²) in [5.41, 5.74) is 1.84. The molecule has 3 aromatic carbocycles. The maximum Gasteiger partial charge on any atom is 0.253 e. The molecule has 7 heteroatoms. The Kier molecular flexibility index (Phi) is 7.85. The van der Waals surface area contributed by atoms with E-state index in [0.717, 1.165) is 55.5 Å². The fraction of sp³-hybridized carbons (Fsp3) is 0.308. The summed E-state index contributed by atoms with van der Waals surface area (Å²) in [4.78, 5) is 15.7. The van der Waals surface area contributed by atoms with Crippen LogP contribution in [0.15, 0.2) is 54.6 Å². The number of hydrogen-bond acceptors (Lipinski definition) is 4. The summed E-state index contributed by atoms with van der Waals surface area (Å²) < 4.78 is 0. The van der Waals surface area contributed by atoms with Crippen LogP contribution in [0, 0.1) is 11.3 Å². The Morgan fingerprint density at radius 1 is 1.09 bits per heavy atom. The summed E-state index contributed by atoms with van der Waals surface area (Å²) in [5, 5.41) is 18.8. The van der Waals surface area contributed by atoms with E-state index < -0.39 is 0 Å². The van der Waals surface area contributed by atoms with Gasteiger partial charge in [-0.1, -0.05) is 59.6 Å². The van der Waals surface area contributed by atoms with Crippen LogP contribution >= 0.6 is 23.2 Å². The Hall–Kier alpha value is -2.62. The quantitative estimate of drug-likeness (QED) is 0.508. The van der Waals surface area contributed by atoms with Crippen LogP contribution in [-0.2, 0) is 0 Å². The van der Waals surface area contributed by atoms with Gasteiger partial charge in [0.25, 0.3) is 5.91 Å². The summed E-state index contributed by atoms with van der Waals surface area (Å²) in [6.07, 6.45) is 0.874. The SMILES string of the molecule is N#Cc1ccc2ccccc2c1C(=O)NC[C@@H](CCN1CCNCC1)c1ccc(Cl)c(Cl)c1. The fourth-order valence-electron chi connectivity index (χ4n) is 4.34. The van der Waals surface area contributed by atoms with Crippen LogP contribution in [0.2, 0.25) is 10.0 Å². The number of amides is 1. The van der Waals surface area contributed by atoms with Gasteiger partial charge in [-0.05, 0) is 47.5 Å². The van der Waals surface area contributed by atoms with Crippen molar-refractivity contribution in [2.45, 2.75) is 12.3 Å². The molecule has 1 amide bonds. The molecule has 0 saturated carbocycles. The van der Waals surface area contributed by atoms with Crippen molar-refractivity contribution in [2.24, 2.45) is 0 Å². The predicted molar refractivity (Wildman–Crippen MR) is 134 cm³/mol. The molecule has 1 atom stereocenters. The standard InChI is InChI=1S/C26H26Cl2N4O/c27-23-8-7-19(15-24(23)28)21(9-12-32-13-10-30-11-14-32)17-31-26(33)25-20(16-29)6-5-18-3-1-2-4-22(18)25/h1-8,15,21,30H,9-14,17H2,(H,31,33)/t21-/m1/s1. The molecule has 5 nitrogen and oxygen atoms in total. The molecule has 0 bridgehead atoms. The zero-order valence-electron chi connectivity index (χ0n) is 18.3. The maximum absolute atomic E-state index is 13.3. The zero-order chi connectivity index (χ0) is 23.2. The van der Waals surface area contributed by atoms with Crippen LogP contribution in [0.25, 0.3) is 10.8 Å². The Morgan fingerprint density at radius 3 is 2.64 bits per heavy atom. The molecule has 0 aromatic heterocycles. The van der Waals surface area contributed by atoms with Gasteiger partial charge in [0, 0.05) is 38.6 Å². The van der Waals surface area contributed by atoms with E-state index >= 15 is 0 Å². The third-order valence-electron chi connectivity index (χ3n) is 6.20. The Labute approximate surface area is 204 Å². The molecule has 1 heterocycles. The van der Waals surface area contributed by atoms with E-state index in [1.807, 2.05) is 42.5 Å². The number of nitrogens with one attached hydrogen (secondary N) is 2. The Morgan fingerprint density at radius 2 is 1.88 bits per heavy atom. The normalized spacial score (nSPS) is 15.2. The molecule has 0 aliphatic carbocycles. The van der Waals surface area contributed by atoms with Crippen molar-refractivity contribution in [3.8, 4) is 6.07 Å². The first-order chi connectivity index (χ1) is 16.1. The molecule has 1 aliphatic heterocycles. The van der Waals surface area contributed by atoms with Crippen molar-refractivity contribution < 1.29 is 4.79 Å². The molecular weight excluding hydrogens is 455 g/mol. The number of fused-ring (bicyclic) bond motifs is 1. The second-order valence-corrected chi connectivity index (χ2v) is 9.10. The van der Waals surface area contributed by atoms with Gasteiger partial charge in [0.15, 0.2) is 0 Å². The first-order valence-corrected chi connectivity index (χ1v) is 11.9. The van der Waals surface area contributed by atoms with Gasteiger partial charge in [-0.2, -0.15) is 5.26 Å². The van der Waals surface area contributed by atoms with Gasteiger partial charge in [-0.25, -0.2) is 0 Å². The van der Waals surface area contributed by atoms with Crippen LogP contribution in [0.1, 0.15) is 33.8 Å². The average molecular weight is 481 g/mol. The molecule has 170 valence electrons. The minimum absolute atomic E-state index is 0.0686. The highest BCUT2D eigenvalue weighted by molar-refractivity contribution is 6.42. The lowest BCUT2D eigenvalue weighted by molar-refractivity contribution is 0.0951. The topological polar surface area (TPSA) is 68.2 Å². The number of piperazine rings is 1. The molecular formula is C26H26Cl2N4O. The number of nitrogens with zero attached hydrogens (tertiary/aromatic N) is 2. The lowest BCUT2D eigenvalue weighted by Crippen LogP contribution is -2.44. The molecule has 2 N–H and O–H groups in total. The van der Waals surface area contributed by atoms with E-state index in [9.17, 15) is 10.1 Å². The van der Waals surface area contributed by atoms with E-state index in [-0.39, 0.29) is 11.8 Å². The van der Waals surface area contributed by atoms with E-state index in [2.05, 4.69) is 21.6 Å². The van der Waals surface area contributed by atoms with E-state index in [1.165, 1.54) is 0 Å². The number of carbonyl (C=O) groups is 1. The number of nitriles is 1. The number of halogens is 2. The third kappa shape index (κ3) is 5.66. The largest absolute Gasteiger partial charge is 0.351 e. The van der Waals surface area contributed by atoms with Gasteiger partial charge in [0.1, 0.15) is 0 Å². The second kappa shape index (κ2) is 11.0. The van der Waals surface area contributed by atoms with Gasteiger partial charge in [-0.3, -0.25) is 4.79 Å². The zero-order valence-corrected chi connectivity index (χ0v) is 19.8. The van der Waals surface area contributed by atoms with Crippen LogP contribution in [0.5, 0.6) is 0 Å². The van der Waals surface area contributed by atoms with E-state index in [0.29, 0.717) is 27.7 Å². The van der Waals surface area contributed by atoms with Crippen LogP contribution in [0.4, 0.5) is 0 Å². The molecule has 1 aliphatic rings. The summed E-state index contributed by atoms with van der Waals surface area (Å²) >= 11 is 12.4. The highest BCUT2D eigenvalue weighted by atomic mass is 35.5. The number of hydrogen-bond donors (Lipinski definition) is 2. The lowest BCUT2D eigenvalue weighted by atomic mass is 9.94. The van der Waals surface area contributed by atoms with Crippen molar-refractivity contribution in [1.29, 1.82) is 5.26 Å². The molecule has 1 saturated heterocycles. The lowest BCUT2D eigenvalue weighted by Gasteiger charge is -2.29. The summed E-state index contributed by atoms with van der Waals surface area (Å²) in [5.74, 6) is -0.172. The first kappa shape index (κ1) is 23.5. The van der Waals surface area contributed by atoms with Crippen LogP contribution in [-0.4, -0.2) is 50.1 Å². The summed E-state index contributed by atoms with van der Waals surface area (Å²) in [6, 6.07) is 19.0. The first-order valence-electron chi connectivity index (χ1n) is 11.1. The third-order valence-corrected chi connectivity index (χ3v) is 6.94. The van der Waals surface area contributed by atoms with Crippen molar-refractivity contribution in [3.63, 3.8) is 0 Å². The van der Waals surface area contributed by atoms with Crippen molar-refractivity contribution in [3.05, 3.63) is 81.3 Å². The minimum atomic E-state index is -0.240. The molecule has 3 aromatic rings. The van der Waals surface area contributed by atoms with Gasteiger partial charge in [-0.15, -0.1) is 0 Å². The van der Waals surface area contributed by atoms with Crippen molar-refractivity contribution in [2.75, 3.05) is 39.3 Å².